The number of hydrogen-bond acceptors (Lipinski definition) is 2. The van der Waals surface area contributed by atoms with Crippen molar-refractivity contribution in [3.63, 3.8) is 0 Å². The lowest BCUT2D eigenvalue weighted by Crippen LogP contribution is -2.39. The summed E-state index contributed by atoms with van der Waals surface area (Å²) in [5, 5.41) is 0. The van der Waals surface area contributed by atoms with E-state index in [0.717, 1.165) is 26.2 Å². The highest BCUT2D eigenvalue weighted by molar-refractivity contribution is 5.74. The fourth-order valence-electron chi connectivity index (χ4n) is 2.67. The summed E-state index contributed by atoms with van der Waals surface area (Å²) in [6, 6.07) is 0.169. The Morgan fingerprint density at radius 3 is 2.07 bits per heavy atom. The largest absolute Gasteiger partial charge is 0.331 e. The molecule has 2 atom stereocenters. The molecule has 2 aliphatic heterocycles. The summed E-state index contributed by atoms with van der Waals surface area (Å²) in [6.45, 7) is 4.21. The summed E-state index contributed by atoms with van der Waals surface area (Å²) < 4.78 is 0. The van der Waals surface area contributed by atoms with Crippen LogP contribution in [0.4, 0.5) is 4.79 Å². The van der Waals surface area contributed by atoms with Crippen LogP contribution >= 0.6 is 0 Å². The zero-order valence-corrected chi connectivity index (χ0v) is 9.23. The zero-order valence-electron chi connectivity index (χ0n) is 9.23. The van der Waals surface area contributed by atoms with Crippen LogP contribution in [0.15, 0.2) is 0 Å². The molecule has 4 nitrogen and oxygen atoms in total. The summed E-state index contributed by atoms with van der Waals surface area (Å²) in [5.74, 6) is 1.42. The van der Waals surface area contributed by atoms with Gasteiger partial charge in [0.2, 0.25) is 0 Å². The van der Waals surface area contributed by atoms with E-state index in [1.165, 1.54) is 0 Å². The Morgan fingerprint density at radius 1 is 1.14 bits per heavy atom. The molecular formula is C10H19N3O. The average Bonchev–Trinajstić information content (AvgIpc) is 2.59. The molecule has 0 spiro atoms. The second-order valence-corrected chi connectivity index (χ2v) is 4.82. The molecule has 2 heterocycles. The van der Waals surface area contributed by atoms with Gasteiger partial charge in [-0.25, -0.2) is 4.79 Å². The van der Waals surface area contributed by atoms with E-state index < -0.39 is 0 Å². The summed E-state index contributed by atoms with van der Waals surface area (Å²) in [6.07, 6.45) is 0. The quantitative estimate of drug-likeness (QED) is 0.553. The summed E-state index contributed by atoms with van der Waals surface area (Å²) in [5.41, 5.74) is 0. The topological polar surface area (TPSA) is 26.8 Å². The van der Waals surface area contributed by atoms with E-state index in [-0.39, 0.29) is 6.03 Å². The first kappa shape index (κ1) is 9.77. The van der Waals surface area contributed by atoms with Crippen LogP contribution in [0.5, 0.6) is 0 Å². The van der Waals surface area contributed by atoms with E-state index in [1.54, 1.807) is 4.90 Å². The molecule has 2 saturated heterocycles. The third-order valence-corrected chi connectivity index (χ3v) is 3.32. The van der Waals surface area contributed by atoms with Crippen LogP contribution in [-0.2, 0) is 0 Å². The summed E-state index contributed by atoms with van der Waals surface area (Å²) in [4.78, 5) is 17.7. The van der Waals surface area contributed by atoms with Crippen LogP contribution in [0.1, 0.15) is 0 Å². The highest BCUT2D eigenvalue weighted by Crippen LogP contribution is 2.30. The molecule has 14 heavy (non-hydrogen) atoms. The number of nitrogens with zero attached hydrogens (tertiary/aromatic N) is 3. The smallest absolute Gasteiger partial charge is 0.319 e. The summed E-state index contributed by atoms with van der Waals surface area (Å²) >= 11 is 0. The minimum atomic E-state index is 0.169. The van der Waals surface area contributed by atoms with Crippen molar-refractivity contribution >= 4 is 6.03 Å². The standard InChI is InChI=1S/C10H19N3O/c1-11(2)10(14)13-6-8-4-12(3)5-9(8)7-13/h8-9H,4-7H2,1-3H3/t8-,9+. The van der Waals surface area contributed by atoms with Gasteiger partial charge < -0.3 is 14.7 Å². The van der Waals surface area contributed by atoms with Gasteiger partial charge in [0.05, 0.1) is 0 Å². The van der Waals surface area contributed by atoms with E-state index in [0.29, 0.717) is 11.8 Å². The molecule has 2 rings (SSSR count). The van der Waals surface area contributed by atoms with Gasteiger partial charge in [-0.1, -0.05) is 0 Å². The van der Waals surface area contributed by atoms with Crippen molar-refractivity contribution < 1.29 is 4.79 Å². The number of amides is 2. The number of carbonyl (C=O) groups excluding carboxylic acids is 1. The van der Waals surface area contributed by atoms with Crippen molar-refractivity contribution in [2.45, 2.75) is 0 Å². The average molecular weight is 197 g/mol. The lowest BCUT2D eigenvalue weighted by atomic mass is 10.0. The van der Waals surface area contributed by atoms with Gasteiger partial charge in [0.15, 0.2) is 0 Å². The maximum Gasteiger partial charge on any atom is 0.319 e. The van der Waals surface area contributed by atoms with Crippen molar-refractivity contribution in [2.24, 2.45) is 11.8 Å². The Hall–Kier alpha value is -0.770. The van der Waals surface area contributed by atoms with E-state index in [2.05, 4.69) is 11.9 Å². The number of urea groups is 1. The molecule has 0 radical (unpaired) electrons. The molecule has 0 saturated carbocycles. The Balaban J connectivity index is 1.94. The molecule has 80 valence electrons. The monoisotopic (exact) mass is 197 g/mol. The molecule has 4 heteroatoms. The highest BCUT2D eigenvalue weighted by atomic mass is 16.2. The van der Waals surface area contributed by atoms with Crippen molar-refractivity contribution in [3.05, 3.63) is 0 Å². The second-order valence-electron chi connectivity index (χ2n) is 4.82. The fraction of sp³-hybridized carbons (Fsp3) is 0.900. The van der Waals surface area contributed by atoms with Crippen LogP contribution in [0.2, 0.25) is 0 Å². The van der Waals surface area contributed by atoms with Crippen molar-refractivity contribution in [2.75, 3.05) is 47.3 Å². The van der Waals surface area contributed by atoms with Crippen LogP contribution in [0.25, 0.3) is 0 Å². The fourth-order valence-corrected chi connectivity index (χ4v) is 2.67. The number of carbonyl (C=O) groups is 1. The van der Waals surface area contributed by atoms with Crippen molar-refractivity contribution in [1.29, 1.82) is 0 Å². The predicted molar refractivity (Wildman–Crippen MR) is 55.1 cm³/mol. The Kier molecular flexibility index (Phi) is 2.39. The maximum atomic E-state index is 11.7. The Morgan fingerprint density at radius 2 is 1.64 bits per heavy atom. The summed E-state index contributed by atoms with van der Waals surface area (Å²) in [7, 11) is 5.81. The van der Waals surface area contributed by atoms with Crippen molar-refractivity contribution in [1.82, 2.24) is 14.7 Å². The lowest BCUT2D eigenvalue weighted by molar-refractivity contribution is 0.175. The van der Waals surface area contributed by atoms with Crippen LogP contribution < -0.4 is 0 Å². The van der Waals surface area contributed by atoms with Crippen molar-refractivity contribution in [3.8, 4) is 0 Å². The molecule has 0 N–H and O–H groups in total. The molecule has 0 bridgehead atoms. The van der Waals surface area contributed by atoms with Gasteiger partial charge >= 0.3 is 6.03 Å². The van der Waals surface area contributed by atoms with Gasteiger partial charge in [0.25, 0.3) is 0 Å². The SMILES string of the molecule is CN1C[C@@H]2CN(C(=O)N(C)C)C[C@@H]2C1. The van der Waals surface area contributed by atoms with E-state index in [4.69, 9.17) is 0 Å². The second kappa shape index (κ2) is 3.42. The van der Waals surface area contributed by atoms with Gasteiger partial charge in [-0.2, -0.15) is 0 Å². The van der Waals surface area contributed by atoms with E-state index in [9.17, 15) is 4.79 Å². The Bertz CT molecular complexity index is 228. The highest BCUT2D eigenvalue weighted by Gasteiger charge is 2.40. The van der Waals surface area contributed by atoms with Crippen LogP contribution in [-0.4, -0.2) is 68.1 Å². The minimum absolute atomic E-state index is 0.169. The molecule has 0 aliphatic carbocycles. The first-order chi connectivity index (χ1) is 6.58. The van der Waals surface area contributed by atoms with Gasteiger partial charge in [-0.15, -0.1) is 0 Å². The normalized spacial score (nSPS) is 32.1. The van der Waals surface area contributed by atoms with Crippen LogP contribution in [0.3, 0.4) is 0 Å². The molecule has 2 amide bonds. The number of fused-ring (bicyclic) bond motifs is 1. The molecule has 0 unspecified atom stereocenters. The van der Waals surface area contributed by atoms with Gasteiger partial charge in [-0.05, 0) is 18.9 Å². The maximum absolute atomic E-state index is 11.7. The number of rotatable bonds is 0. The van der Waals surface area contributed by atoms with Crippen LogP contribution in [0, 0.1) is 11.8 Å². The number of hydrogen-bond donors (Lipinski definition) is 0. The molecule has 2 fully saturated rings. The molecule has 0 aromatic carbocycles. The Labute approximate surface area is 85.5 Å². The molecule has 2 aliphatic rings. The predicted octanol–water partition coefficient (Wildman–Crippen LogP) is 0.161. The number of likely N-dealkylation sites (tertiary alicyclic amines) is 2. The van der Waals surface area contributed by atoms with E-state index >= 15 is 0 Å². The third-order valence-electron chi connectivity index (χ3n) is 3.32. The van der Waals surface area contributed by atoms with E-state index in [1.807, 2.05) is 19.0 Å². The van der Waals surface area contributed by atoms with Gasteiger partial charge in [0, 0.05) is 40.3 Å². The lowest BCUT2D eigenvalue weighted by Gasteiger charge is -2.23. The van der Waals surface area contributed by atoms with Gasteiger partial charge in [0.1, 0.15) is 0 Å². The minimum Gasteiger partial charge on any atom is -0.331 e. The van der Waals surface area contributed by atoms with Gasteiger partial charge in [-0.3, -0.25) is 0 Å². The zero-order chi connectivity index (χ0) is 10.3. The molecule has 0 aromatic rings. The first-order valence-electron chi connectivity index (χ1n) is 5.22. The third kappa shape index (κ3) is 1.59. The first-order valence-corrected chi connectivity index (χ1v) is 5.22. The molecular weight excluding hydrogens is 178 g/mol. The molecule has 0 aromatic heterocycles.